The molecule has 0 bridgehead atoms. The summed E-state index contributed by atoms with van der Waals surface area (Å²) in [6, 6.07) is 8.79. The molecule has 1 aromatic heterocycles. The van der Waals surface area contributed by atoms with Gasteiger partial charge in [0.1, 0.15) is 10.4 Å². The van der Waals surface area contributed by atoms with E-state index in [-0.39, 0.29) is 11.6 Å². The van der Waals surface area contributed by atoms with Crippen molar-refractivity contribution in [2.75, 3.05) is 0 Å². The van der Waals surface area contributed by atoms with Crippen molar-refractivity contribution >= 4 is 21.7 Å². The average Bonchev–Trinajstić information content (AvgIpc) is 2.30. The van der Waals surface area contributed by atoms with Gasteiger partial charge < -0.3 is 0 Å². The predicted molar refractivity (Wildman–Crippen MR) is 61.8 cm³/mol. The lowest BCUT2D eigenvalue weighted by molar-refractivity contribution is 0.103. The molecule has 0 spiro atoms. The largest absolute Gasteiger partial charge is 0.289 e. The lowest BCUT2D eigenvalue weighted by Gasteiger charge is -2.02. The Balaban J connectivity index is 2.40. The third-order valence-electron chi connectivity index (χ3n) is 2.11. The van der Waals surface area contributed by atoms with Gasteiger partial charge in [0.15, 0.2) is 5.78 Å². The zero-order chi connectivity index (χ0) is 11.5. The Morgan fingerprint density at radius 3 is 2.50 bits per heavy atom. The van der Waals surface area contributed by atoms with Crippen molar-refractivity contribution in [3.63, 3.8) is 0 Å². The first kappa shape index (κ1) is 11.0. The van der Waals surface area contributed by atoms with E-state index in [2.05, 4.69) is 20.9 Å². The minimum atomic E-state index is -0.359. The Morgan fingerprint density at radius 1 is 1.19 bits per heavy atom. The van der Waals surface area contributed by atoms with Gasteiger partial charge in [0.05, 0.1) is 5.56 Å². The van der Waals surface area contributed by atoms with E-state index in [1.54, 1.807) is 18.3 Å². The highest BCUT2D eigenvalue weighted by atomic mass is 79.9. The molecule has 16 heavy (non-hydrogen) atoms. The number of benzene rings is 1. The number of carbonyl (C=O) groups is 1. The standard InChI is InChI=1S/C12H7BrFNO/c13-12-10(2-1-7-15-12)11(16)8-3-5-9(14)6-4-8/h1-7H. The van der Waals surface area contributed by atoms with Gasteiger partial charge in [0, 0.05) is 11.8 Å². The van der Waals surface area contributed by atoms with Crippen LogP contribution in [0.4, 0.5) is 4.39 Å². The Bertz CT molecular complexity index is 525. The highest BCUT2D eigenvalue weighted by molar-refractivity contribution is 9.10. The highest BCUT2D eigenvalue weighted by Crippen LogP contribution is 2.17. The molecule has 4 heteroatoms. The van der Waals surface area contributed by atoms with Crippen LogP contribution in [0.25, 0.3) is 0 Å². The molecule has 2 aromatic rings. The Labute approximate surface area is 100 Å². The molecule has 0 radical (unpaired) electrons. The molecule has 0 N–H and O–H groups in total. The molecular weight excluding hydrogens is 273 g/mol. The first-order valence-corrected chi connectivity index (χ1v) is 5.38. The van der Waals surface area contributed by atoms with Crippen molar-refractivity contribution in [3.05, 3.63) is 64.1 Å². The van der Waals surface area contributed by atoms with E-state index in [9.17, 15) is 9.18 Å². The summed E-state index contributed by atoms with van der Waals surface area (Å²) in [5.74, 6) is -0.540. The maximum Gasteiger partial charge on any atom is 0.195 e. The molecule has 0 atom stereocenters. The summed E-state index contributed by atoms with van der Waals surface area (Å²) in [4.78, 5) is 16.0. The number of hydrogen-bond acceptors (Lipinski definition) is 2. The molecule has 0 aliphatic carbocycles. The molecule has 0 fully saturated rings. The van der Waals surface area contributed by atoms with E-state index in [0.717, 1.165) is 0 Å². The van der Waals surface area contributed by atoms with Crippen molar-refractivity contribution < 1.29 is 9.18 Å². The molecule has 2 nitrogen and oxygen atoms in total. The number of nitrogens with zero attached hydrogens (tertiary/aromatic N) is 1. The zero-order valence-electron chi connectivity index (χ0n) is 8.15. The van der Waals surface area contributed by atoms with Gasteiger partial charge in [-0.2, -0.15) is 0 Å². The van der Waals surface area contributed by atoms with Crippen LogP contribution >= 0.6 is 15.9 Å². The summed E-state index contributed by atoms with van der Waals surface area (Å²) in [6.45, 7) is 0. The summed E-state index contributed by atoms with van der Waals surface area (Å²) in [5.41, 5.74) is 0.907. The number of rotatable bonds is 2. The SMILES string of the molecule is O=C(c1ccc(F)cc1)c1cccnc1Br. The molecule has 80 valence electrons. The average molecular weight is 280 g/mol. The van der Waals surface area contributed by atoms with Gasteiger partial charge in [0.25, 0.3) is 0 Å². The summed E-state index contributed by atoms with van der Waals surface area (Å²) >= 11 is 3.20. The normalized spacial score (nSPS) is 10.1. The molecule has 1 aromatic carbocycles. The fraction of sp³-hybridized carbons (Fsp3) is 0. The molecular formula is C12H7BrFNO. The molecule has 0 aliphatic heterocycles. The maximum absolute atomic E-state index is 12.7. The van der Waals surface area contributed by atoms with Crippen LogP contribution in [-0.2, 0) is 0 Å². The van der Waals surface area contributed by atoms with Crippen LogP contribution < -0.4 is 0 Å². The van der Waals surface area contributed by atoms with Crippen LogP contribution in [0.3, 0.4) is 0 Å². The first-order valence-electron chi connectivity index (χ1n) is 4.59. The molecule has 0 saturated heterocycles. The number of hydrogen-bond donors (Lipinski definition) is 0. The van der Waals surface area contributed by atoms with Gasteiger partial charge in [-0.1, -0.05) is 0 Å². The second-order valence-electron chi connectivity index (χ2n) is 3.18. The van der Waals surface area contributed by atoms with Crippen molar-refractivity contribution in [2.45, 2.75) is 0 Å². The van der Waals surface area contributed by atoms with Gasteiger partial charge in [-0.25, -0.2) is 9.37 Å². The smallest absolute Gasteiger partial charge is 0.195 e. The lowest BCUT2D eigenvalue weighted by Crippen LogP contribution is -2.03. The van der Waals surface area contributed by atoms with Gasteiger partial charge >= 0.3 is 0 Å². The summed E-state index contributed by atoms with van der Waals surface area (Å²) in [7, 11) is 0. The number of carbonyl (C=O) groups excluding carboxylic acids is 1. The summed E-state index contributed by atoms with van der Waals surface area (Å²) in [5, 5.41) is 0. The monoisotopic (exact) mass is 279 g/mol. The lowest BCUT2D eigenvalue weighted by atomic mass is 10.1. The van der Waals surface area contributed by atoms with E-state index >= 15 is 0 Å². The maximum atomic E-state index is 12.7. The van der Waals surface area contributed by atoms with E-state index in [4.69, 9.17) is 0 Å². The van der Waals surface area contributed by atoms with Gasteiger partial charge in [-0.3, -0.25) is 4.79 Å². The van der Waals surface area contributed by atoms with E-state index < -0.39 is 0 Å². The second kappa shape index (κ2) is 4.53. The van der Waals surface area contributed by atoms with Crippen molar-refractivity contribution in [1.29, 1.82) is 0 Å². The molecule has 2 rings (SSSR count). The van der Waals surface area contributed by atoms with Crippen LogP contribution in [0.5, 0.6) is 0 Å². The minimum Gasteiger partial charge on any atom is -0.289 e. The molecule has 0 amide bonds. The fourth-order valence-corrected chi connectivity index (χ4v) is 1.74. The van der Waals surface area contributed by atoms with Gasteiger partial charge in [-0.05, 0) is 52.3 Å². The first-order chi connectivity index (χ1) is 7.68. The second-order valence-corrected chi connectivity index (χ2v) is 3.93. The number of pyridine rings is 1. The van der Waals surface area contributed by atoms with E-state index in [0.29, 0.717) is 15.7 Å². The number of halogens is 2. The summed E-state index contributed by atoms with van der Waals surface area (Å²) < 4.78 is 13.2. The number of aromatic nitrogens is 1. The molecule has 0 saturated carbocycles. The third-order valence-corrected chi connectivity index (χ3v) is 2.74. The van der Waals surface area contributed by atoms with Gasteiger partial charge in [0.2, 0.25) is 0 Å². The van der Waals surface area contributed by atoms with E-state index in [1.807, 2.05) is 0 Å². The van der Waals surface area contributed by atoms with Gasteiger partial charge in [-0.15, -0.1) is 0 Å². The molecule has 1 heterocycles. The quantitative estimate of drug-likeness (QED) is 0.624. The van der Waals surface area contributed by atoms with Crippen LogP contribution in [0, 0.1) is 5.82 Å². The van der Waals surface area contributed by atoms with Crippen LogP contribution in [0.2, 0.25) is 0 Å². The third kappa shape index (κ3) is 2.17. The van der Waals surface area contributed by atoms with E-state index in [1.165, 1.54) is 24.3 Å². The Kier molecular flexibility index (Phi) is 3.10. The minimum absolute atomic E-state index is 0.181. The summed E-state index contributed by atoms with van der Waals surface area (Å²) in [6.07, 6.45) is 1.59. The van der Waals surface area contributed by atoms with Crippen molar-refractivity contribution in [3.8, 4) is 0 Å². The highest BCUT2D eigenvalue weighted by Gasteiger charge is 2.12. The van der Waals surface area contributed by atoms with Crippen LogP contribution in [-0.4, -0.2) is 10.8 Å². The fourth-order valence-electron chi connectivity index (χ4n) is 1.31. The Morgan fingerprint density at radius 2 is 1.88 bits per heavy atom. The zero-order valence-corrected chi connectivity index (χ0v) is 9.74. The predicted octanol–water partition coefficient (Wildman–Crippen LogP) is 3.21. The van der Waals surface area contributed by atoms with Crippen molar-refractivity contribution in [1.82, 2.24) is 4.98 Å². The molecule has 0 unspecified atom stereocenters. The number of ketones is 1. The van der Waals surface area contributed by atoms with Crippen LogP contribution in [0.1, 0.15) is 15.9 Å². The van der Waals surface area contributed by atoms with Crippen molar-refractivity contribution in [2.24, 2.45) is 0 Å². The van der Waals surface area contributed by atoms with Crippen LogP contribution in [0.15, 0.2) is 47.2 Å². The topological polar surface area (TPSA) is 30.0 Å². The Hall–Kier alpha value is -1.55. The molecule has 0 aliphatic rings.